The van der Waals surface area contributed by atoms with Gasteiger partial charge in [0.2, 0.25) is 5.91 Å². The Kier molecular flexibility index (Phi) is 5.02. The minimum Gasteiger partial charge on any atom is -0.322 e. The van der Waals surface area contributed by atoms with Gasteiger partial charge in [-0.25, -0.2) is 0 Å². The second-order valence-electron chi connectivity index (χ2n) is 7.99. The first kappa shape index (κ1) is 16.8. The molecule has 2 rings (SSSR count). The van der Waals surface area contributed by atoms with Gasteiger partial charge in [0.1, 0.15) is 0 Å². The lowest BCUT2D eigenvalue weighted by molar-refractivity contribution is -0.138. The summed E-state index contributed by atoms with van der Waals surface area (Å²) in [6.07, 6.45) is 6.12. The second kappa shape index (κ2) is 6.28. The molecule has 0 spiro atoms. The van der Waals surface area contributed by atoms with E-state index >= 15 is 0 Å². The van der Waals surface area contributed by atoms with Crippen LogP contribution in [-0.2, 0) is 4.79 Å². The van der Waals surface area contributed by atoms with Gasteiger partial charge in [-0.1, -0.05) is 47.5 Å². The van der Waals surface area contributed by atoms with Gasteiger partial charge in [0.25, 0.3) is 0 Å². The number of carbonyl (C=O) groups is 1. The van der Waals surface area contributed by atoms with Crippen LogP contribution >= 0.6 is 0 Å². The molecule has 4 atom stereocenters. The summed E-state index contributed by atoms with van der Waals surface area (Å²) in [5.74, 6) is 2.10. The van der Waals surface area contributed by atoms with E-state index in [0.717, 1.165) is 6.42 Å². The maximum absolute atomic E-state index is 13.1. The molecule has 3 heteroatoms. The molecule has 0 aromatic rings. The van der Waals surface area contributed by atoms with E-state index in [1.54, 1.807) is 0 Å². The third-order valence-corrected chi connectivity index (χ3v) is 5.81. The molecule has 1 saturated carbocycles. The molecule has 1 heterocycles. The lowest BCUT2D eigenvalue weighted by Gasteiger charge is -2.43. The van der Waals surface area contributed by atoms with Crippen LogP contribution in [0.3, 0.4) is 0 Å². The molecule has 2 fully saturated rings. The summed E-state index contributed by atoms with van der Waals surface area (Å²) in [6, 6.07) is 0.430. The summed E-state index contributed by atoms with van der Waals surface area (Å²) in [5.41, 5.74) is -0.367. The van der Waals surface area contributed by atoms with E-state index in [9.17, 15) is 4.79 Å². The molecule has 1 aliphatic heterocycles. The van der Waals surface area contributed by atoms with Crippen LogP contribution in [0.1, 0.15) is 73.6 Å². The average Bonchev–Trinajstić information content (AvgIpc) is 2.72. The maximum atomic E-state index is 13.1. The minimum absolute atomic E-state index is 0.201. The van der Waals surface area contributed by atoms with Gasteiger partial charge in [0, 0.05) is 6.04 Å². The molecule has 1 saturated heterocycles. The van der Waals surface area contributed by atoms with Crippen LogP contribution in [0.15, 0.2) is 0 Å². The molecule has 1 N–H and O–H groups in total. The Labute approximate surface area is 130 Å². The van der Waals surface area contributed by atoms with Crippen molar-refractivity contribution in [2.24, 2.45) is 17.8 Å². The Morgan fingerprint density at radius 3 is 2.33 bits per heavy atom. The predicted molar refractivity (Wildman–Crippen MR) is 87.9 cm³/mol. The number of carbonyl (C=O) groups excluding carboxylic acids is 1. The van der Waals surface area contributed by atoms with E-state index in [4.69, 9.17) is 0 Å². The molecular weight excluding hydrogens is 260 g/mol. The van der Waals surface area contributed by atoms with Gasteiger partial charge in [0.15, 0.2) is 0 Å². The fraction of sp³-hybridized carbons (Fsp3) is 0.944. The van der Waals surface area contributed by atoms with Crippen LogP contribution < -0.4 is 5.32 Å². The predicted octanol–water partition coefficient (Wildman–Crippen LogP) is 3.78. The van der Waals surface area contributed by atoms with Crippen molar-refractivity contribution >= 4 is 5.91 Å². The van der Waals surface area contributed by atoms with E-state index in [1.807, 2.05) is 0 Å². The van der Waals surface area contributed by atoms with E-state index in [0.29, 0.717) is 29.7 Å². The Bertz CT molecular complexity index is 379. The maximum Gasteiger partial charge on any atom is 0.244 e. The lowest BCUT2D eigenvalue weighted by Crippen LogP contribution is -2.52. The SMILES string of the molecule is CCC1(C)NC(C(C)C)N(C2CCCCC2C(C)C)C1=O. The van der Waals surface area contributed by atoms with Crippen molar-refractivity contribution in [1.29, 1.82) is 0 Å². The Balaban J connectivity index is 2.31. The summed E-state index contributed by atoms with van der Waals surface area (Å²) in [4.78, 5) is 15.4. The zero-order chi connectivity index (χ0) is 15.8. The Morgan fingerprint density at radius 2 is 1.81 bits per heavy atom. The summed E-state index contributed by atoms with van der Waals surface area (Å²) >= 11 is 0. The number of nitrogens with zero attached hydrogens (tertiary/aromatic N) is 1. The van der Waals surface area contributed by atoms with Gasteiger partial charge in [0.05, 0.1) is 11.7 Å². The van der Waals surface area contributed by atoms with Crippen molar-refractivity contribution in [1.82, 2.24) is 10.2 Å². The molecule has 0 aromatic carbocycles. The highest BCUT2D eigenvalue weighted by atomic mass is 16.2. The molecule has 1 aliphatic carbocycles. The average molecular weight is 294 g/mol. The lowest BCUT2D eigenvalue weighted by atomic mass is 9.76. The largest absolute Gasteiger partial charge is 0.322 e. The van der Waals surface area contributed by atoms with Crippen molar-refractivity contribution in [2.75, 3.05) is 0 Å². The van der Waals surface area contributed by atoms with Crippen molar-refractivity contribution in [3.8, 4) is 0 Å². The summed E-state index contributed by atoms with van der Waals surface area (Å²) < 4.78 is 0. The molecule has 0 aromatic heterocycles. The Hall–Kier alpha value is -0.570. The van der Waals surface area contributed by atoms with Gasteiger partial charge in [-0.3, -0.25) is 10.1 Å². The standard InChI is InChI=1S/C18H34N2O/c1-7-18(6)17(21)20(16(19-18)13(4)5)15-11-9-8-10-14(15)12(2)3/h12-16,19H,7-11H2,1-6H3. The van der Waals surface area contributed by atoms with Gasteiger partial charge in [-0.2, -0.15) is 0 Å². The molecule has 21 heavy (non-hydrogen) atoms. The fourth-order valence-electron chi connectivity index (χ4n) is 4.23. The quantitative estimate of drug-likeness (QED) is 0.855. The molecule has 0 radical (unpaired) electrons. The number of nitrogens with one attached hydrogen (secondary N) is 1. The topological polar surface area (TPSA) is 32.3 Å². The molecule has 4 unspecified atom stereocenters. The van der Waals surface area contributed by atoms with Gasteiger partial charge >= 0.3 is 0 Å². The van der Waals surface area contributed by atoms with Gasteiger partial charge in [-0.05, 0) is 43.9 Å². The number of hydrogen-bond acceptors (Lipinski definition) is 2. The van der Waals surface area contributed by atoms with Crippen molar-refractivity contribution in [2.45, 2.75) is 91.4 Å². The highest BCUT2D eigenvalue weighted by molar-refractivity contribution is 5.88. The second-order valence-corrected chi connectivity index (χ2v) is 7.99. The Morgan fingerprint density at radius 1 is 1.19 bits per heavy atom. The van der Waals surface area contributed by atoms with Crippen molar-refractivity contribution < 1.29 is 4.79 Å². The van der Waals surface area contributed by atoms with E-state index in [1.165, 1.54) is 25.7 Å². The molecule has 1 amide bonds. The summed E-state index contributed by atoms with van der Waals surface area (Å²) in [5, 5.41) is 3.65. The van der Waals surface area contributed by atoms with Crippen LogP contribution in [-0.4, -0.2) is 28.6 Å². The van der Waals surface area contributed by atoms with Crippen LogP contribution in [0.5, 0.6) is 0 Å². The molecule has 122 valence electrons. The summed E-state index contributed by atoms with van der Waals surface area (Å²) in [6.45, 7) is 13.3. The highest BCUT2D eigenvalue weighted by Crippen LogP contribution is 2.39. The van der Waals surface area contributed by atoms with Crippen molar-refractivity contribution in [3.05, 3.63) is 0 Å². The van der Waals surface area contributed by atoms with E-state index in [2.05, 4.69) is 51.8 Å². The minimum atomic E-state index is -0.367. The van der Waals surface area contributed by atoms with Crippen LogP contribution in [0.4, 0.5) is 0 Å². The first-order valence-electron chi connectivity index (χ1n) is 8.92. The monoisotopic (exact) mass is 294 g/mol. The normalized spacial score (nSPS) is 37.8. The number of hydrogen-bond donors (Lipinski definition) is 1. The zero-order valence-corrected chi connectivity index (χ0v) is 14.8. The van der Waals surface area contributed by atoms with E-state index < -0.39 is 0 Å². The van der Waals surface area contributed by atoms with Crippen LogP contribution in [0.2, 0.25) is 0 Å². The molecule has 0 bridgehead atoms. The van der Waals surface area contributed by atoms with Crippen molar-refractivity contribution in [3.63, 3.8) is 0 Å². The molecule has 2 aliphatic rings. The smallest absolute Gasteiger partial charge is 0.244 e. The highest BCUT2D eigenvalue weighted by Gasteiger charge is 2.51. The molecular formula is C18H34N2O. The summed E-state index contributed by atoms with van der Waals surface area (Å²) in [7, 11) is 0. The number of rotatable bonds is 4. The molecule has 3 nitrogen and oxygen atoms in total. The third-order valence-electron chi connectivity index (χ3n) is 5.81. The number of amides is 1. The zero-order valence-electron chi connectivity index (χ0n) is 14.8. The third kappa shape index (κ3) is 2.99. The first-order chi connectivity index (χ1) is 9.81. The van der Waals surface area contributed by atoms with Gasteiger partial charge < -0.3 is 4.90 Å². The van der Waals surface area contributed by atoms with Gasteiger partial charge in [-0.15, -0.1) is 0 Å². The van der Waals surface area contributed by atoms with Crippen LogP contribution in [0.25, 0.3) is 0 Å². The van der Waals surface area contributed by atoms with Crippen LogP contribution in [0, 0.1) is 17.8 Å². The van der Waals surface area contributed by atoms with E-state index in [-0.39, 0.29) is 11.7 Å². The first-order valence-corrected chi connectivity index (χ1v) is 8.92. The fourth-order valence-corrected chi connectivity index (χ4v) is 4.23.